The van der Waals surface area contributed by atoms with E-state index in [9.17, 15) is 14.0 Å². The fraction of sp³-hybridized carbons (Fsp3) is 0.238. The van der Waals surface area contributed by atoms with Gasteiger partial charge in [-0.1, -0.05) is 0 Å². The summed E-state index contributed by atoms with van der Waals surface area (Å²) in [6, 6.07) is 7.87. The third kappa shape index (κ3) is 4.30. The molecule has 0 atom stereocenters. The minimum atomic E-state index is -0.506. The molecule has 0 unspecified atom stereocenters. The average Bonchev–Trinajstić information content (AvgIpc) is 3.40. The number of anilines is 3. The molecule has 1 aliphatic heterocycles. The minimum absolute atomic E-state index is 0.274. The fourth-order valence-electron chi connectivity index (χ4n) is 3.38. The molecule has 7 nitrogen and oxygen atoms in total. The van der Waals surface area contributed by atoms with Crippen LogP contribution in [-0.4, -0.2) is 34.9 Å². The molecule has 2 N–H and O–H groups in total. The van der Waals surface area contributed by atoms with E-state index in [-0.39, 0.29) is 11.8 Å². The molecule has 0 spiro atoms. The summed E-state index contributed by atoms with van der Waals surface area (Å²) in [6.45, 7) is 3.12. The van der Waals surface area contributed by atoms with E-state index in [0.717, 1.165) is 25.9 Å². The predicted octanol–water partition coefficient (Wildman–Crippen LogP) is 4.16. The van der Waals surface area contributed by atoms with E-state index in [1.807, 2.05) is 0 Å². The Hall–Kier alpha value is -3.33. The second-order valence-corrected chi connectivity index (χ2v) is 7.79. The topological polar surface area (TPSA) is 87.2 Å². The zero-order valence-electron chi connectivity index (χ0n) is 16.3. The number of nitrogens with zero attached hydrogens (tertiary/aromatic N) is 3. The first-order valence-electron chi connectivity index (χ1n) is 9.55. The van der Waals surface area contributed by atoms with Crippen LogP contribution in [0.15, 0.2) is 41.9 Å². The zero-order valence-corrected chi connectivity index (χ0v) is 17.1. The lowest BCUT2D eigenvalue weighted by atomic mass is 10.1. The summed E-state index contributed by atoms with van der Waals surface area (Å²) in [5.41, 5.74) is 1.56. The monoisotopic (exact) mass is 425 g/mol. The summed E-state index contributed by atoms with van der Waals surface area (Å²) in [5, 5.41) is 7.38. The van der Waals surface area contributed by atoms with Crippen LogP contribution in [0.25, 0.3) is 11.3 Å². The van der Waals surface area contributed by atoms with Gasteiger partial charge in [0.05, 0.1) is 11.3 Å². The number of rotatable bonds is 5. The van der Waals surface area contributed by atoms with E-state index < -0.39 is 5.82 Å². The Morgan fingerprint density at radius 2 is 1.97 bits per heavy atom. The molecule has 0 saturated carbocycles. The van der Waals surface area contributed by atoms with Crippen molar-refractivity contribution in [1.82, 2.24) is 9.97 Å². The maximum atomic E-state index is 14.5. The summed E-state index contributed by atoms with van der Waals surface area (Å²) in [4.78, 5) is 34.8. The van der Waals surface area contributed by atoms with Gasteiger partial charge in [0, 0.05) is 42.8 Å². The van der Waals surface area contributed by atoms with Crippen LogP contribution in [0.5, 0.6) is 0 Å². The van der Waals surface area contributed by atoms with Crippen molar-refractivity contribution < 1.29 is 14.0 Å². The van der Waals surface area contributed by atoms with Crippen molar-refractivity contribution in [2.75, 3.05) is 28.6 Å². The van der Waals surface area contributed by atoms with Crippen molar-refractivity contribution >= 4 is 39.8 Å². The van der Waals surface area contributed by atoms with Gasteiger partial charge in [0.1, 0.15) is 11.6 Å². The molecule has 1 fully saturated rings. The molecule has 0 bridgehead atoms. The van der Waals surface area contributed by atoms with E-state index in [2.05, 4.69) is 25.5 Å². The van der Waals surface area contributed by atoms with Crippen LogP contribution in [0.4, 0.5) is 21.0 Å². The normalized spacial score (nSPS) is 13.3. The van der Waals surface area contributed by atoms with Crippen LogP contribution in [0.1, 0.15) is 30.1 Å². The highest BCUT2D eigenvalue weighted by molar-refractivity contribution is 7.14. The number of thiazole rings is 1. The molecule has 2 aromatic heterocycles. The molecular formula is C21H20FN5O2S. The first kappa shape index (κ1) is 20.0. The van der Waals surface area contributed by atoms with E-state index in [0.29, 0.717) is 33.5 Å². The molecule has 1 saturated heterocycles. The van der Waals surface area contributed by atoms with Gasteiger partial charge in [-0.25, -0.2) is 14.4 Å². The van der Waals surface area contributed by atoms with E-state index in [1.54, 1.807) is 35.8 Å². The largest absolute Gasteiger partial charge is 0.356 e. The van der Waals surface area contributed by atoms with Crippen molar-refractivity contribution in [1.29, 1.82) is 0 Å². The molecule has 3 heterocycles. The number of benzene rings is 1. The molecule has 1 aromatic carbocycles. The molecule has 154 valence electrons. The first-order valence-corrected chi connectivity index (χ1v) is 10.4. The second kappa shape index (κ2) is 8.58. The number of hydrogen-bond acceptors (Lipinski definition) is 6. The predicted molar refractivity (Wildman–Crippen MR) is 115 cm³/mol. The molecule has 0 radical (unpaired) electrons. The van der Waals surface area contributed by atoms with Gasteiger partial charge in [0.2, 0.25) is 5.91 Å². The molecule has 1 aliphatic rings. The van der Waals surface area contributed by atoms with Crippen LogP contribution in [0.2, 0.25) is 0 Å². The lowest BCUT2D eigenvalue weighted by Gasteiger charge is -2.19. The number of amides is 2. The Kier molecular flexibility index (Phi) is 5.71. The van der Waals surface area contributed by atoms with Crippen molar-refractivity contribution in [3.8, 4) is 11.3 Å². The van der Waals surface area contributed by atoms with E-state index in [4.69, 9.17) is 0 Å². The van der Waals surface area contributed by atoms with E-state index >= 15 is 0 Å². The SMILES string of the molecule is CC(=O)Nc1ccc(-c2csc(NC(=O)c3cccnc3N3CCCC3)n2)c(F)c1. The van der Waals surface area contributed by atoms with Crippen LogP contribution in [0.3, 0.4) is 0 Å². The molecule has 30 heavy (non-hydrogen) atoms. The molecule has 9 heteroatoms. The Bertz CT molecular complexity index is 1090. The minimum Gasteiger partial charge on any atom is -0.356 e. The van der Waals surface area contributed by atoms with Gasteiger partial charge < -0.3 is 10.2 Å². The average molecular weight is 425 g/mol. The van der Waals surface area contributed by atoms with Crippen molar-refractivity contribution in [3.05, 3.63) is 53.3 Å². The number of pyridine rings is 1. The van der Waals surface area contributed by atoms with Crippen LogP contribution in [0, 0.1) is 5.82 Å². The number of carbonyl (C=O) groups is 2. The van der Waals surface area contributed by atoms with E-state index in [1.165, 1.54) is 24.3 Å². The Morgan fingerprint density at radius 3 is 2.70 bits per heavy atom. The maximum absolute atomic E-state index is 14.5. The quantitative estimate of drug-likeness (QED) is 0.641. The summed E-state index contributed by atoms with van der Waals surface area (Å²) in [5.74, 6) is -0.409. The summed E-state index contributed by atoms with van der Waals surface area (Å²) < 4.78 is 14.5. The fourth-order valence-corrected chi connectivity index (χ4v) is 4.08. The van der Waals surface area contributed by atoms with Crippen molar-refractivity contribution in [3.63, 3.8) is 0 Å². The second-order valence-electron chi connectivity index (χ2n) is 6.94. The highest BCUT2D eigenvalue weighted by atomic mass is 32.1. The molecule has 0 aliphatic carbocycles. The summed E-state index contributed by atoms with van der Waals surface area (Å²) in [6.07, 6.45) is 3.85. The molecule has 4 rings (SSSR count). The lowest BCUT2D eigenvalue weighted by Crippen LogP contribution is -2.24. The van der Waals surface area contributed by atoms with Crippen LogP contribution < -0.4 is 15.5 Å². The Balaban J connectivity index is 1.52. The number of aromatic nitrogens is 2. The number of hydrogen-bond donors (Lipinski definition) is 2. The third-order valence-corrected chi connectivity index (χ3v) is 5.48. The highest BCUT2D eigenvalue weighted by Crippen LogP contribution is 2.29. The van der Waals surface area contributed by atoms with Gasteiger partial charge in [0.25, 0.3) is 5.91 Å². The maximum Gasteiger partial charge on any atom is 0.261 e. The Labute approximate surface area is 177 Å². The number of halogens is 1. The van der Waals surface area contributed by atoms with Gasteiger partial charge in [-0.15, -0.1) is 11.3 Å². The van der Waals surface area contributed by atoms with Gasteiger partial charge >= 0.3 is 0 Å². The van der Waals surface area contributed by atoms with Crippen LogP contribution >= 0.6 is 11.3 Å². The van der Waals surface area contributed by atoms with Gasteiger partial charge in [-0.2, -0.15) is 0 Å². The van der Waals surface area contributed by atoms with Crippen LogP contribution in [-0.2, 0) is 4.79 Å². The first-order chi connectivity index (χ1) is 14.5. The standard InChI is InChI=1S/C21H20FN5O2S/c1-13(28)24-14-6-7-15(17(22)11-14)18-12-30-21(25-18)26-20(29)16-5-4-8-23-19(16)27-9-2-3-10-27/h4-8,11-12H,2-3,9-10H2,1H3,(H,24,28)(H,25,26,29). The zero-order chi connectivity index (χ0) is 21.1. The molecule has 3 aromatic rings. The smallest absolute Gasteiger partial charge is 0.261 e. The van der Waals surface area contributed by atoms with Crippen molar-refractivity contribution in [2.24, 2.45) is 0 Å². The number of carbonyl (C=O) groups excluding carboxylic acids is 2. The van der Waals surface area contributed by atoms with Crippen molar-refractivity contribution in [2.45, 2.75) is 19.8 Å². The lowest BCUT2D eigenvalue weighted by molar-refractivity contribution is -0.114. The molecular weight excluding hydrogens is 405 g/mol. The third-order valence-electron chi connectivity index (χ3n) is 4.73. The van der Waals surface area contributed by atoms with Gasteiger partial charge in [0.15, 0.2) is 5.13 Å². The highest BCUT2D eigenvalue weighted by Gasteiger charge is 2.21. The summed E-state index contributed by atoms with van der Waals surface area (Å²) >= 11 is 1.22. The summed E-state index contributed by atoms with van der Waals surface area (Å²) in [7, 11) is 0. The molecule has 2 amide bonds. The van der Waals surface area contributed by atoms with Gasteiger partial charge in [-0.3, -0.25) is 14.9 Å². The number of nitrogens with one attached hydrogen (secondary N) is 2. The van der Waals surface area contributed by atoms with Gasteiger partial charge in [-0.05, 0) is 43.2 Å². The Morgan fingerprint density at radius 1 is 1.17 bits per heavy atom.